The summed E-state index contributed by atoms with van der Waals surface area (Å²) in [5.41, 5.74) is -1.23. The molecule has 1 saturated carbocycles. The molecule has 1 aromatic carbocycles. The lowest BCUT2D eigenvalue weighted by atomic mass is 9.87. The van der Waals surface area contributed by atoms with Crippen LogP contribution in [0.3, 0.4) is 0 Å². The van der Waals surface area contributed by atoms with Crippen molar-refractivity contribution in [2.24, 2.45) is 5.92 Å². The number of ether oxygens (including phenoxy) is 1. The first-order valence-corrected chi connectivity index (χ1v) is 10.4. The fourth-order valence-corrected chi connectivity index (χ4v) is 4.09. The molecule has 4 rings (SSSR count). The number of anilines is 1. The van der Waals surface area contributed by atoms with E-state index in [9.17, 15) is 23.1 Å². The number of rotatable bonds is 5. The molecule has 0 spiro atoms. The van der Waals surface area contributed by atoms with E-state index in [4.69, 9.17) is 4.74 Å². The van der Waals surface area contributed by atoms with Gasteiger partial charge >= 0.3 is 6.18 Å². The molecule has 1 amide bonds. The Balaban J connectivity index is 1.63. The first-order valence-electron chi connectivity index (χ1n) is 10.4. The van der Waals surface area contributed by atoms with Gasteiger partial charge in [0.15, 0.2) is 0 Å². The third-order valence-corrected chi connectivity index (χ3v) is 5.90. The third-order valence-electron chi connectivity index (χ3n) is 5.90. The summed E-state index contributed by atoms with van der Waals surface area (Å²) in [6.07, 6.45) is -1.80. The molecule has 0 radical (unpaired) electrons. The second-order valence-electron chi connectivity index (χ2n) is 8.02. The van der Waals surface area contributed by atoms with Gasteiger partial charge in [-0.3, -0.25) is 4.79 Å². The number of hydrogen-bond acceptors (Lipinski definition) is 5. The molecule has 1 fully saturated rings. The summed E-state index contributed by atoms with van der Waals surface area (Å²) >= 11 is 0. The van der Waals surface area contributed by atoms with Gasteiger partial charge in [0.2, 0.25) is 5.95 Å². The normalized spacial score (nSPS) is 19.0. The number of benzene rings is 1. The molecule has 33 heavy (non-hydrogen) atoms. The molecule has 11 heteroatoms. The van der Waals surface area contributed by atoms with Crippen LogP contribution in [0.1, 0.15) is 47.9 Å². The quantitative estimate of drug-likeness (QED) is 0.538. The Morgan fingerprint density at radius 2 is 1.97 bits per heavy atom. The largest absolute Gasteiger partial charge is 0.494 e. The Morgan fingerprint density at radius 1 is 1.24 bits per heavy atom. The minimum Gasteiger partial charge on any atom is -0.494 e. The van der Waals surface area contributed by atoms with Crippen molar-refractivity contribution in [1.29, 1.82) is 0 Å². The molecule has 0 atom stereocenters. The number of amides is 1. The zero-order valence-electron chi connectivity index (χ0n) is 17.7. The van der Waals surface area contributed by atoms with E-state index in [0.717, 1.165) is 31.0 Å². The highest BCUT2D eigenvalue weighted by Crippen LogP contribution is 2.36. The molecule has 0 aliphatic heterocycles. The lowest BCUT2D eigenvalue weighted by Crippen LogP contribution is -2.21. The van der Waals surface area contributed by atoms with Crippen molar-refractivity contribution in [1.82, 2.24) is 14.8 Å². The average Bonchev–Trinajstić information content (AvgIpc) is 3.13. The fourth-order valence-electron chi connectivity index (χ4n) is 4.09. The fraction of sp³-hybridized carbons (Fsp3) is 0.409. The second kappa shape index (κ2) is 8.97. The molecule has 176 valence electrons. The first kappa shape index (κ1) is 23.0. The first-order chi connectivity index (χ1) is 15.7. The Bertz CT molecular complexity index is 1170. The summed E-state index contributed by atoms with van der Waals surface area (Å²) in [7, 11) is 1.35. The van der Waals surface area contributed by atoms with Gasteiger partial charge in [-0.15, -0.1) is 0 Å². The summed E-state index contributed by atoms with van der Waals surface area (Å²) in [4.78, 5) is 15.9. The van der Waals surface area contributed by atoms with E-state index in [1.807, 2.05) is 0 Å². The van der Waals surface area contributed by atoms with Crippen LogP contribution in [0.25, 0.3) is 10.9 Å². The van der Waals surface area contributed by atoms with Gasteiger partial charge < -0.3 is 15.2 Å². The zero-order valence-corrected chi connectivity index (χ0v) is 17.7. The smallest absolute Gasteiger partial charge is 0.433 e. The molecule has 0 saturated heterocycles. The number of carbonyl (C=O) groups is 1. The van der Waals surface area contributed by atoms with Crippen molar-refractivity contribution in [2.45, 2.75) is 37.9 Å². The van der Waals surface area contributed by atoms with Crippen molar-refractivity contribution in [3.05, 3.63) is 47.7 Å². The number of carbonyl (C=O) groups excluding carboxylic acids is 1. The molecule has 0 unspecified atom stereocenters. The predicted octanol–water partition coefficient (Wildman–Crippen LogP) is 4.57. The Morgan fingerprint density at radius 3 is 2.61 bits per heavy atom. The Kier molecular flexibility index (Phi) is 6.24. The van der Waals surface area contributed by atoms with E-state index < -0.39 is 29.4 Å². The van der Waals surface area contributed by atoms with E-state index in [1.54, 1.807) is 0 Å². The standard InChI is InChI=1S/C22H22F4N4O3/c1-33-18-10-16-14(20(23)30(29-16)13-7-5-12(11-31)6-8-13)9-17(18)28-21(32)15-3-2-4-19(27-15)22(24,25)26/h2-4,9-10,12-13,31H,5-8,11H2,1H3,(H,28,32)/t12-,13-. The average molecular weight is 466 g/mol. The Labute approximate surface area is 186 Å². The monoisotopic (exact) mass is 466 g/mol. The summed E-state index contributed by atoms with van der Waals surface area (Å²) in [6.45, 7) is 0.108. The third kappa shape index (κ3) is 4.63. The van der Waals surface area contributed by atoms with Crippen molar-refractivity contribution >= 4 is 22.5 Å². The molecule has 1 aliphatic carbocycles. The van der Waals surface area contributed by atoms with Crippen molar-refractivity contribution < 1.29 is 32.2 Å². The van der Waals surface area contributed by atoms with E-state index in [0.29, 0.717) is 18.4 Å². The number of pyridine rings is 1. The molecular weight excluding hydrogens is 444 g/mol. The number of aliphatic hydroxyl groups excluding tert-OH is 1. The molecular formula is C22H22F4N4O3. The van der Waals surface area contributed by atoms with E-state index in [2.05, 4.69) is 15.4 Å². The van der Waals surface area contributed by atoms with Gasteiger partial charge in [0.05, 0.1) is 29.7 Å². The lowest BCUT2D eigenvalue weighted by Gasteiger charge is -2.27. The summed E-state index contributed by atoms with van der Waals surface area (Å²) in [6, 6.07) is 5.65. The second-order valence-corrected chi connectivity index (χ2v) is 8.02. The number of fused-ring (bicyclic) bond motifs is 1. The van der Waals surface area contributed by atoms with Crippen LogP contribution in [0.4, 0.5) is 23.2 Å². The summed E-state index contributed by atoms with van der Waals surface area (Å²) in [5, 5.41) is 16.3. The van der Waals surface area contributed by atoms with Crippen molar-refractivity contribution in [3.63, 3.8) is 0 Å². The highest BCUT2D eigenvalue weighted by atomic mass is 19.4. The molecule has 1 aliphatic rings. The SMILES string of the molecule is COc1cc2nn([C@H]3CC[C@H](CO)CC3)c(F)c2cc1NC(=O)c1cccc(C(F)(F)F)n1. The number of hydrogen-bond donors (Lipinski definition) is 2. The number of nitrogens with one attached hydrogen (secondary N) is 1. The molecule has 2 N–H and O–H groups in total. The van der Waals surface area contributed by atoms with Crippen LogP contribution in [0, 0.1) is 11.9 Å². The van der Waals surface area contributed by atoms with Gasteiger partial charge in [-0.1, -0.05) is 6.07 Å². The zero-order chi connectivity index (χ0) is 23.8. The van der Waals surface area contributed by atoms with Crippen LogP contribution in [0.2, 0.25) is 0 Å². The highest BCUT2D eigenvalue weighted by Gasteiger charge is 2.33. The summed E-state index contributed by atoms with van der Waals surface area (Å²) in [5.74, 6) is -1.08. The molecule has 2 aromatic heterocycles. The molecule has 7 nitrogen and oxygen atoms in total. The van der Waals surface area contributed by atoms with Gasteiger partial charge in [0.25, 0.3) is 5.91 Å². The predicted molar refractivity (Wildman–Crippen MR) is 112 cm³/mol. The van der Waals surface area contributed by atoms with Crippen LogP contribution >= 0.6 is 0 Å². The van der Waals surface area contributed by atoms with Gasteiger partial charge in [0, 0.05) is 12.7 Å². The molecule has 2 heterocycles. The van der Waals surface area contributed by atoms with Crippen molar-refractivity contribution in [3.8, 4) is 5.75 Å². The maximum Gasteiger partial charge on any atom is 0.433 e. The topological polar surface area (TPSA) is 89.3 Å². The number of aromatic nitrogens is 3. The van der Waals surface area contributed by atoms with Crippen LogP contribution in [-0.4, -0.2) is 39.5 Å². The van der Waals surface area contributed by atoms with Crippen LogP contribution < -0.4 is 10.1 Å². The van der Waals surface area contributed by atoms with E-state index >= 15 is 4.39 Å². The van der Waals surface area contributed by atoms with E-state index in [1.165, 1.54) is 23.9 Å². The maximum absolute atomic E-state index is 15.2. The number of alkyl halides is 3. The van der Waals surface area contributed by atoms with Gasteiger partial charge in [0.1, 0.15) is 17.1 Å². The minimum atomic E-state index is -4.69. The highest BCUT2D eigenvalue weighted by molar-refractivity contribution is 6.05. The number of aliphatic hydroxyl groups is 1. The minimum absolute atomic E-state index is 0.0802. The molecule has 0 bridgehead atoms. The van der Waals surface area contributed by atoms with Crippen LogP contribution in [-0.2, 0) is 6.18 Å². The van der Waals surface area contributed by atoms with Gasteiger partial charge in [-0.2, -0.15) is 22.7 Å². The number of methoxy groups -OCH3 is 1. The lowest BCUT2D eigenvalue weighted by molar-refractivity contribution is -0.141. The molecule has 3 aromatic rings. The van der Waals surface area contributed by atoms with Crippen LogP contribution in [0.5, 0.6) is 5.75 Å². The Hall–Kier alpha value is -3.21. The van der Waals surface area contributed by atoms with Gasteiger partial charge in [-0.05, 0) is 49.8 Å². The maximum atomic E-state index is 15.2. The van der Waals surface area contributed by atoms with Crippen molar-refractivity contribution in [2.75, 3.05) is 19.0 Å². The van der Waals surface area contributed by atoms with Crippen LogP contribution in [0.15, 0.2) is 30.3 Å². The van der Waals surface area contributed by atoms with Gasteiger partial charge in [-0.25, -0.2) is 9.67 Å². The summed E-state index contributed by atoms with van der Waals surface area (Å²) < 4.78 is 60.6. The number of nitrogens with zero attached hydrogens (tertiary/aromatic N) is 3. The number of halogens is 4. The van der Waals surface area contributed by atoms with E-state index in [-0.39, 0.29) is 35.4 Å².